The van der Waals surface area contributed by atoms with Crippen LogP contribution in [0.15, 0.2) is 18.2 Å². The number of hydrogen-bond acceptors (Lipinski definition) is 2. The van der Waals surface area contributed by atoms with Crippen molar-refractivity contribution in [2.24, 2.45) is 0 Å². The first-order valence-electron chi connectivity index (χ1n) is 5.26. The molecule has 0 aromatic heterocycles. The molecule has 0 aliphatic carbocycles. The van der Waals surface area contributed by atoms with E-state index in [-0.39, 0.29) is 12.4 Å². The Bertz CT molecular complexity index is 325. The predicted molar refractivity (Wildman–Crippen MR) is 60.5 cm³/mol. The van der Waals surface area contributed by atoms with Crippen LogP contribution in [0.5, 0.6) is 0 Å². The van der Waals surface area contributed by atoms with Crippen molar-refractivity contribution >= 4 is 5.69 Å². The molecule has 0 spiro atoms. The monoisotopic (exact) mass is 211 g/mol. The standard InChI is InChI=1S/C12H18FNO/c1-4-14(9(2)3)12-7-5-6-11(13)10(12)8-15/h5-7,9,15H,4,8H2,1-3H3. The van der Waals surface area contributed by atoms with Crippen molar-refractivity contribution in [3.63, 3.8) is 0 Å². The van der Waals surface area contributed by atoms with Crippen molar-refractivity contribution in [2.75, 3.05) is 11.4 Å². The smallest absolute Gasteiger partial charge is 0.130 e. The summed E-state index contributed by atoms with van der Waals surface area (Å²) < 4.78 is 13.4. The summed E-state index contributed by atoms with van der Waals surface area (Å²) in [6.07, 6.45) is 0. The van der Waals surface area contributed by atoms with Crippen LogP contribution in [-0.2, 0) is 6.61 Å². The van der Waals surface area contributed by atoms with E-state index in [2.05, 4.69) is 18.7 Å². The maximum absolute atomic E-state index is 13.4. The highest BCUT2D eigenvalue weighted by Crippen LogP contribution is 2.24. The Kier molecular flexibility index (Phi) is 4.09. The fourth-order valence-electron chi connectivity index (χ4n) is 1.79. The van der Waals surface area contributed by atoms with Gasteiger partial charge in [0.25, 0.3) is 0 Å². The molecular weight excluding hydrogens is 193 g/mol. The van der Waals surface area contributed by atoms with Gasteiger partial charge in [-0.3, -0.25) is 0 Å². The third-order valence-electron chi connectivity index (χ3n) is 2.53. The van der Waals surface area contributed by atoms with Gasteiger partial charge >= 0.3 is 0 Å². The van der Waals surface area contributed by atoms with Crippen molar-refractivity contribution in [1.29, 1.82) is 0 Å². The maximum atomic E-state index is 13.4. The highest BCUT2D eigenvalue weighted by Gasteiger charge is 2.14. The Hall–Kier alpha value is -1.09. The van der Waals surface area contributed by atoms with Crippen LogP contribution < -0.4 is 4.90 Å². The molecule has 0 heterocycles. The topological polar surface area (TPSA) is 23.5 Å². The molecule has 1 rings (SSSR count). The number of hydrogen-bond donors (Lipinski definition) is 1. The summed E-state index contributed by atoms with van der Waals surface area (Å²) in [5.74, 6) is -0.339. The summed E-state index contributed by atoms with van der Waals surface area (Å²) in [4.78, 5) is 2.06. The first kappa shape index (κ1) is 12.0. The predicted octanol–water partition coefficient (Wildman–Crippen LogP) is 2.55. The molecule has 1 aromatic carbocycles. The van der Waals surface area contributed by atoms with Crippen LogP contribution in [-0.4, -0.2) is 17.7 Å². The van der Waals surface area contributed by atoms with Crippen molar-refractivity contribution < 1.29 is 9.50 Å². The van der Waals surface area contributed by atoms with Crippen molar-refractivity contribution in [3.05, 3.63) is 29.6 Å². The van der Waals surface area contributed by atoms with Crippen LogP contribution in [0.1, 0.15) is 26.3 Å². The summed E-state index contributed by atoms with van der Waals surface area (Å²) in [7, 11) is 0. The van der Waals surface area contributed by atoms with Crippen LogP contribution in [0, 0.1) is 5.82 Å². The summed E-state index contributed by atoms with van der Waals surface area (Å²) in [6, 6.07) is 5.19. The lowest BCUT2D eigenvalue weighted by atomic mass is 10.1. The lowest BCUT2D eigenvalue weighted by Crippen LogP contribution is -2.31. The van der Waals surface area contributed by atoms with Crippen LogP contribution in [0.3, 0.4) is 0 Å². The van der Waals surface area contributed by atoms with Crippen molar-refractivity contribution in [3.8, 4) is 0 Å². The van der Waals surface area contributed by atoms with E-state index in [4.69, 9.17) is 5.11 Å². The molecule has 0 bridgehead atoms. The van der Waals surface area contributed by atoms with Gasteiger partial charge in [-0.05, 0) is 32.9 Å². The van der Waals surface area contributed by atoms with Gasteiger partial charge in [0.2, 0.25) is 0 Å². The zero-order valence-electron chi connectivity index (χ0n) is 9.50. The third kappa shape index (κ3) is 2.48. The Morgan fingerprint density at radius 3 is 2.53 bits per heavy atom. The third-order valence-corrected chi connectivity index (χ3v) is 2.53. The molecule has 0 aliphatic rings. The molecule has 15 heavy (non-hydrogen) atoms. The molecule has 0 unspecified atom stereocenters. The highest BCUT2D eigenvalue weighted by atomic mass is 19.1. The molecule has 0 atom stereocenters. The first-order chi connectivity index (χ1) is 7.11. The van der Waals surface area contributed by atoms with Gasteiger partial charge in [-0.25, -0.2) is 4.39 Å². The van der Waals surface area contributed by atoms with Crippen LogP contribution >= 0.6 is 0 Å². The molecule has 0 saturated heterocycles. The number of rotatable bonds is 4. The Labute approximate surface area is 90.3 Å². The molecule has 84 valence electrons. The van der Waals surface area contributed by atoms with Gasteiger partial charge in [-0.15, -0.1) is 0 Å². The van der Waals surface area contributed by atoms with Gasteiger partial charge in [-0.2, -0.15) is 0 Å². The van der Waals surface area contributed by atoms with E-state index in [1.165, 1.54) is 6.07 Å². The van der Waals surface area contributed by atoms with E-state index in [1.807, 2.05) is 13.0 Å². The molecule has 2 nitrogen and oxygen atoms in total. The van der Waals surface area contributed by atoms with Gasteiger partial charge in [-0.1, -0.05) is 6.07 Å². The van der Waals surface area contributed by atoms with Gasteiger partial charge in [0.1, 0.15) is 5.82 Å². The number of aliphatic hydroxyl groups excluding tert-OH is 1. The van der Waals surface area contributed by atoms with Gasteiger partial charge in [0, 0.05) is 23.8 Å². The van der Waals surface area contributed by atoms with E-state index in [9.17, 15) is 4.39 Å². The average molecular weight is 211 g/mol. The summed E-state index contributed by atoms with van der Waals surface area (Å²) >= 11 is 0. The molecule has 1 N–H and O–H groups in total. The molecule has 0 aliphatic heterocycles. The molecule has 0 radical (unpaired) electrons. The minimum absolute atomic E-state index is 0.259. The Balaban J connectivity index is 3.16. The fraction of sp³-hybridized carbons (Fsp3) is 0.500. The zero-order chi connectivity index (χ0) is 11.4. The lowest BCUT2D eigenvalue weighted by Gasteiger charge is -2.29. The summed E-state index contributed by atoms with van der Waals surface area (Å²) in [5, 5.41) is 9.16. The lowest BCUT2D eigenvalue weighted by molar-refractivity contribution is 0.276. The van der Waals surface area contributed by atoms with E-state index in [1.54, 1.807) is 6.07 Å². The quantitative estimate of drug-likeness (QED) is 0.827. The molecule has 0 saturated carbocycles. The van der Waals surface area contributed by atoms with Crippen LogP contribution in [0.25, 0.3) is 0 Å². The molecule has 0 fully saturated rings. The second-order valence-corrected chi connectivity index (χ2v) is 3.78. The average Bonchev–Trinajstić information content (AvgIpc) is 2.18. The van der Waals surface area contributed by atoms with E-state index in [0.717, 1.165) is 12.2 Å². The summed E-state index contributed by atoms with van der Waals surface area (Å²) in [5.41, 5.74) is 1.17. The zero-order valence-corrected chi connectivity index (χ0v) is 9.50. The SMILES string of the molecule is CCN(c1cccc(F)c1CO)C(C)C. The van der Waals surface area contributed by atoms with Gasteiger partial charge < -0.3 is 10.0 Å². The Morgan fingerprint density at radius 2 is 2.07 bits per heavy atom. The van der Waals surface area contributed by atoms with Crippen molar-refractivity contribution in [2.45, 2.75) is 33.4 Å². The first-order valence-corrected chi connectivity index (χ1v) is 5.26. The highest BCUT2D eigenvalue weighted by molar-refractivity contribution is 5.54. The normalized spacial score (nSPS) is 10.8. The minimum Gasteiger partial charge on any atom is -0.391 e. The van der Waals surface area contributed by atoms with Gasteiger partial charge in [0.05, 0.1) is 6.61 Å². The van der Waals surface area contributed by atoms with E-state index < -0.39 is 0 Å². The number of aliphatic hydroxyl groups is 1. The van der Waals surface area contributed by atoms with Crippen molar-refractivity contribution in [1.82, 2.24) is 0 Å². The Morgan fingerprint density at radius 1 is 1.40 bits per heavy atom. The number of nitrogens with zero attached hydrogens (tertiary/aromatic N) is 1. The minimum atomic E-state index is -0.339. The second kappa shape index (κ2) is 5.12. The van der Waals surface area contributed by atoms with Crippen LogP contribution in [0.2, 0.25) is 0 Å². The largest absolute Gasteiger partial charge is 0.391 e. The number of anilines is 1. The van der Waals surface area contributed by atoms with Gasteiger partial charge in [0.15, 0.2) is 0 Å². The van der Waals surface area contributed by atoms with E-state index in [0.29, 0.717) is 11.6 Å². The number of halogens is 1. The second-order valence-electron chi connectivity index (χ2n) is 3.78. The van der Waals surface area contributed by atoms with E-state index >= 15 is 0 Å². The maximum Gasteiger partial charge on any atom is 0.130 e. The number of benzene rings is 1. The molecular formula is C12H18FNO. The fourth-order valence-corrected chi connectivity index (χ4v) is 1.79. The summed E-state index contributed by atoms with van der Waals surface area (Å²) in [6.45, 7) is 6.66. The molecule has 0 amide bonds. The molecule has 1 aromatic rings. The molecule has 3 heteroatoms. The van der Waals surface area contributed by atoms with Crippen LogP contribution in [0.4, 0.5) is 10.1 Å².